The Labute approximate surface area is 165 Å². The molecule has 1 unspecified atom stereocenters. The van der Waals surface area contributed by atoms with Crippen LogP contribution in [-0.2, 0) is 14.3 Å². The summed E-state index contributed by atoms with van der Waals surface area (Å²) >= 11 is 0. The number of hydrogen-bond donors (Lipinski definition) is 2. The van der Waals surface area contributed by atoms with Gasteiger partial charge in [0.25, 0.3) is 11.8 Å². The molecular formula is C22H26N2O4. The van der Waals surface area contributed by atoms with Crippen LogP contribution in [0.4, 0.5) is 0 Å². The molecule has 6 nitrogen and oxygen atoms in total. The van der Waals surface area contributed by atoms with Gasteiger partial charge in [-0.3, -0.25) is 9.59 Å². The summed E-state index contributed by atoms with van der Waals surface area (Å²) in [5, 5.41) is 5.46. The number of nitrogens with one attached hydrogen (secondary N) is 2. The standard InChI is InChI=1S/C22H26N2O4/c1-15(2)20(24-21(26)18-12-8-5-9-13-18)22(27)28-14-19(25)23-16(3)17-10-6-4-7-11-17/h4-13,15-16,20H,14H2,1-3H3,(H,23,25)(H,24,26)/t16?,20-/m0/s1. The summed E-state index contributed by atoms with van der Waals surface area (Å²) in [5.41, 5.74) is 1.41. The SMILES string of the molecule is CC(NC(=O)COC(=O)[C@@H](NC(=O)c1ccccc1)C(C)C)c1ccccc1. The predicted octanol–water partition coefficient (Wildman–Crippen LogP) is 2.86. The van der Waals surface area contributed by atoms with Crippen LogP contribution >= 0.6 is 0 Å². The summed E-state index contributed by atoms with van der Waals surface area (Å²) in [6.07, 6.45) is 0. The highest BCUT2D eigenvalue weighted by molar-refractivity contribution is 5.97. The van der Waals surface area contributed by atoms with Gasteiger partial charge in [-0.15, -0.1) is 0 Å². The molecule has 2 aromatic rings. The van der Waals surface area contributed by atoms with Crippen molar-refractivity contribution in [1.29, 1.82) is 0 Å². The van der Waals surface area contributed by atoms with E-state index in [1.165, 1.54) is 0 Å². The molecule has 0 aliphatic rings. The minimum absolute atomic E-state index is 0.188. The van der Waals surface area contributed by atoms with E-state index in [0.717, 1.165) is 5.56 Å². The second-order valence-electron chi connectivity index (χ2n) is 6.87. The van der Waals surface area contributed by atoms with Crippen molar-refractivity contribution in [2.24, 2.45) is 5.92 Å². The Balaban J connectivity index is 1.88. The van der Waals surface area contributed by atoms with Gasteiger partial charge in [0.05, 0.1) is 6.04 Å². The lowest BCUT2D eigenvalue weighted by Gasteiger charge is -2.21. The Morgan fingerprint density at radius 1 is 0.857 bits per heavy atom. The summed E-state index contributed by atoms with van der Waals surface area (Å²) in [6, 6.07) is 17.1. The maximum atomic E-state index is 12.4. The third kappa shape index (κ3) is 6.23. The second kappa shape index (κ2) is 10.3. The van der Waals surface area contributed by atoms with Gasteiger partial charge < -0.3 is 15.4 Å². The van der Waals surface area contributed by atoms with Gasteiger partial charge in [-0.2, -0.15) is 0 Å². The molecule has 2 N–H and O–H groups in total. The first-order valence-electron chi connectivity index (χ1n) is 9.25. The lowest BCUT2D eigenvalue weighted by molar-refractivity contribution is -0.151. The first kappa shape index (κ1) is 21.2. The van der Waals surface area contributed by atoms with E-state index in [1.54, 1.807) is 44.2 Å². The number of ether oxygens (including phenoxy) is 1. The largest absolute Gasteiger partial charge is 0.454 e. The minimum atomic E-state index is -0.841. The molecule has 2 atom stereocenters. The Morgan fingerprint density at radius 2 is 1.43 bits per heavy atom. The van der Waals surface area contributed by atoms with Crippen LogP contribution in [0.2, 0.25) is 0 Å². The zero-order valence-corrected chi connectivity index (χ0v) is 16.3. The number of amides is 2. The van der Waals surface area contributed by atoms with E-state index in [0.29, 0.717) is 5.56 Å². The Morgan fingerprint density at radius 3 is 2.00 bits per heavy atom. The number of carbonyl (C=O) groups is 3. The fraction of sp³-hybridized carbons (Fsp3) is 0.318. The van der Waals surface area contributed by atoms with Crippen molar-refractivity contribution < 1.29 is 19.1 Å². The third-order valence-electron chi connectivity index (χ3n) is 4.27. The quantitative estimate of drug-likeness (QED) is 0.688. The molecule has 0 saturated heterocycles. The first-order valence-corrected chi connectivity index (χ1v) is 9.25. The van der Waals surface area contributed by atoms with Crippen LogP contribution < -0.4 is 10.6 Å². The van der Waals surface area contributed by atoms with E-state index < -0.39 is 24.5 Å². The van der Waals surface area contributed by atoms with Gasteiger partial charge in [-0.05, 0) is 30.5 Å². The van der Waals surface area contributed by atoms with Gasteiger partial charge in [-0.25, -0.2) is 4.79 Å². The molecule has 0 heterocycles. The van der Waals surface area contributed by atoms with Crippen molar-refractivity contribution in [2.75, 3.05) is 6.61 Å². The molecule has 2 amide bonds. The second-order valence-corrected chi connectivity index (χ2v) is 6.87. The van der Waals surface area contributed by atoms with Gasteiger partial charge in [0.2, 0.25) is 0 Å². The summed E-state index contributed by atoms with van der Waals surface area (Å²) < 4.78 is 5.14. The monoisotopic (exact) mass is 382 g/mol. The molecule has 0 fully saturated rings. The van der Waals surface area contributed by atoms with Crippen molar-refractivity contribution >= 4 is 17.8 Å². The number of benzene rings is 2. The molecule has 2 aromatic carbocycles. The van der Waals surface area contributed by atoms with Gasteiger partial charge in [-0.1, -0.05) is 62.4 Å². The summed E-state index contributed by atoms with van der Waals surface area (Å²) in [7, 11) is 0. The van der Waals surface area contributed by atoms with E-state index in [9.17, 15) is 14.4 Å². The highest BCUT2D eigenvalue weighted by atomic mass is 16.5. The topological polar surface area (TPSA) is 84.5 Å². The van der Waals surface area contributed by atoms with Crippen LogP contribution in [0.15, 0.2) is 60.7 Å². The zero-order chi connectivity index (χ0) is 20.5. The van der Waals surface area contributed by atoms with E-state index in [4.69, 9.17) is 4.74 Å². The average molecular weight is 382 g/mol. The maximum absolute atomic E-state index is 12.4. The van der Waals surface area contributed by atoms with Crippen LogP contribution in [0.3, 0.4) is 0 Å². The molecule has 2 rings (SSSR count). The molecular weight excluding hydrogens is 356 g/mol. The van der Waals surface area contributed by atoms with Crippen LogP contribution in [0, 0.1) is 5.92 Å². The predicted molar refractivity (Wildman–Crippen MR) is 106 cm³/mol. The maximum Gasteiger partial charge on any atom is 0.329 e. The normalized spacial score (nSPS) is 12.7. The molecule has 28 heavy (non-hydrogen) atoms. The Bertz CT molecular complexity index is 791. The van der Waals surface area contributed by atoms with Crippen LogP contribution in [0.5, 0.6) is 0 Å². The van der Waals surface area contributed by atoms with Crippen molar-refractivity contribution in [2.45, 2.75) is 32.9 Å². The smallest absolute Gasteiger partial charge is 0.329 e. The van der Waals surface area contributed by atoms with Gasteiger partial charge in [0.15, 0.2) is 6.61 Å². The Kier molecular flexibility index (Phi) is 7.75. The molecule has 0 radical (unpaired) electrons. The molecule has 0 aliphatic heterocycles. The zero-order valence-electron chi connectivity index (χ0n) is 16.3. The lowest BCUT2D eigenvalue weighted by atomic mass is 10.0. The first-order chi connectivity index (χ1) is 13.4. The van der Waals surface area contributed by atoms with Gasteiger partial charge in [0.1, 0.15) is 6.04 Å². The fourth-order valence-electron chi connectivity index (χ4n) is 2.65. The highest BCUT2D eigenvalue weighted by Crippen LogP contribution is 2.11. The van der Waals surface area contributed by atoms with Crippen molar-refractivity contribution in [3.8, 4) is 0 Å². The third-order valence-corrected chi connectivity index (χ3v) is 4.27. The minimum Gasteiger partial charge on any atom is -0.454 e. The number of esters is 1. The fourth-order valence-corrected chi connectivity index (χ4v) is 2.65. The van der Waals surface area contributed by atoms with Crippen LogP contribution in [0.1, 0.15) is 42.7 Å². The summed E-state index contributed by atoms with van der Waals surface area (Å²) in [4.78, 5) is 36.8. The number of rotatable bonds is 8. The molecule has 0 aliphatic carbocycles. The molecule has 0 spiro atoms. The van der Waals surface area contributed by atoms with Crippen molar-refractivity contribution in [3.05, 3.63) is 71.8 Å². The molecule has 6 heteroatoms. The average Bonchev–Trinajstić information content (AvgIpc) is 2.71. The van der Waals surface area contributed by atoms with E-state index in [1.807, 2.05) is 37.3 Å². The lowest BCUT2D eigenvalue weighted by Crippen LogP contribution is -2.46. The van der Waals surface area contributed by atoms with Gasteiger partial charge >= 0.3 is 5.97 Å². The number of carbonyl (C=O) groups excluding carboxylic acids is 3. The number of hydrogen-bond acceptors (Lipinski definition) is 4. The Hall–Kier alpha value is -3.15. The molecule has 148 valence electrons. The van der Waals surface area contributed by atoms with Crippen molar-refractivity contribution in [3.63, 3.8) is 0 Å². The van der Waals surface area contributed by atoms with Crippen LogP contribution in [0.25, 0.3) is 0 Å². The van der Waals surface area contributed by atoms with E-state index in [-0.39, 0.29) is 17.9 Å². The van der Waals surface area contributed by atoms with Gasteiger partial charge in [0, 0.05) is 5.56 Å². The summed E-state index contributed by atoms with van der Waals surface area (Å²) in [5.74, 6) is -1.59. The van der Waals surface area contributed by atoms with E-state index >= 15 is 0 Å². The molecule has 0 saturated carbocycles. The highest BCUT2D eigenvalue weighted by Gasteiger charge is 2.26. The van der Waals surface area contributed by atoms with Crippen molar-refractivity contribution in [1.82, 2.24) is 10.6 Å². The molecule has 0 bridgehead atoms. The molecule has 0 aromatic heterocycles. The summed E-state index contributed by atoms with van der Waals surface area (Å²) in [6.45, 7) is 5.05. The van der Waals surface area contributed by atoms with E-state index in [2.05, 4.69) is 10.6 Å². The van der Waals surface area contributed by atoms with Crippen LogP contribution in [-0.4, -0.2) is 30.4 Å².